The van der Waals surface area contributed by atoms with Crippen molar-refractivity contribution in [1.82, 2.24) is 0 Å². The maximum absolute atomic E-state index is 5.17. The van der Waals surface area contributed by atoms with Gasteiger partial charge in [0.2, 0.25) is 0 Å². The topological polar surface area (TPSA) is 60.0 Å². The predicted octanol–water partition coefficient (Wildman–Crippen LogP) is 1.52. The van der Waals surface area contributed by atoms with Crippen molar-refractivity contribution in [1.29, 1.82) is 0 Å². The van der Waals surface area contributed by atoms with Crippen LogP contribution in [0, 0.1) is 0 Å². The van der Waals surface area contributed by atoms with Crippen molar-refractivity contribution in [3.8, 4) is 0 Å². The summed E-state index contributed by atoms with van der Waals surface area (Å²) in [6.45, 7) is 3.84. The molecule has 1 rings (SSSR count). The number of rotatable bonds is 1. The van der Waals surface area contributed by atoms with Gasteiger partial charge in [-0.15, -0.1) is 5.11 Å². The normalized spacial score (nSPS) is 24.4. The van der Waals surface area contributed by atoms with Crippen molar-refractivity contribution in [2.24, 2.45) is 16.2 Å². The van der Waals surface area contributed by atoms with Crippen LogP contribution in [0.1, 0.15) is 13.8 Å². The minimum Gasteiger partial charge on any atom is -0.492 e. The van der Waals surface area contributed by atoms with Gasteiger partial charge < -0.3 is 10.6 Å². The van der Waals surface area contributed by atoms with E-state index in [-0.39, 0.29) is 6.10 Å². The fourth-order valence-corrected chi connectivity index (χ4v) is 0.952. The van der Waals surface area contributed by atoms with Crippen LogP contribution in [0.3, 0.4) is 0 Å². The van der Waals surface area contributed by atoms with Gasteiger partial charge in [-0.05, 0) is 25.5 Å². The highest BCUT2D eigenvalue weighted by molar-refractivity contribution is 5.26. The molecule has 1 aliphatic heterocycles. The molecule has 1 heterocycles. The lowest BCUT2D eigenvalue weighted by atomic mass is 10.1. The molecule has 0 aromatic rings. The summed E-state index contributed by atoms with van der Waals surface area (Å²) < 4.78 is 5.17. The maximum atomic E-state index is 5.17. The van der Waals surface area contributed by atoms with Gasteiger partial charge in [0.15, 0.2) is 0 Å². The Kier molecular flexibility index (Phi) is 2.25. The van der Waals surface area contributed by atoms with Crippen LogP contribution in [0.25, 0.3) is 0 Å². The fourth-order valence-electron chi connectivity index (χ4n) is 0.952. The van der Waals surface area contributed by atoms with E-state index >= 15 is 0 Å². The first-order chi connectivity index (χ1) is 5.25. The Hall–Kier alpha value is -1.32. The smallest absolute Gasteiger partial charge is 0.139 e. The lowest BCUT2D eigenvalue weighted by Crippen LogP contribution is -2.11. The second-order valence-corrected chi connectivity index (χ2v) is 2.36. The molecule has 4 heteroatoms. The highest BCUT2D eigenvalue weighted by Crippen LogP contribution is 2.19. The molecule has 0 bridgehead atoms. The number of hydrogen-bond donors (Lipinski definition) is 1. The molecule has 1 aliphatic rings. The Morgan fingerprint density at radius 3 is 2.91 bits per heavy atom. The van der Waals surface area contributed by atoms with Crippen molar-refractivity contribution in [2.75, 3.05) is 0 Å². The number of allylic oxidation sites excluding steroid dienone is 2. The molecule has 0 aromatic heterocycles. The Balaban J connectivity index is 2.91. The van der Waals surface area contributed by atoms with E-state index in [4.69, 9.17) is 10.6 Å². The summed E-state index contributed by atoms with van der Waals surface area (Å²) in [5, 5.41) is 6.97. The van der Waals surface area contributed by atoms with E-state index in [0.717, 1.165) is 11.3 Å². The highest BCUT2D eigenvalue weighted by Gasteiger charge is 2.13. The molecule has 0 radical (unpaired) electrons. The molecule has 0 saturated heterocycles. The van der Waals surface area contributed by atoms with Crippen LogP contribution in [0.5, 0.6) is 0 Å². The average molecular weight is 153 g/mol. The molecule has 1 unspecified atom stereocenters. The lowest BCUT2D eigenvalue weighted by molar-refractivity contribution is 0.185. The Morgan fingerprint density at radius 1 is 1.64 bits per heavy atom. The van der Waals surface area contributed by atoms with E-state index in [1.165, 1.54) is 0 Å². The third-order valence-corrected chi connectivity index (χ3v) is 1.56. The van der Waals surface area contributed by atoms with Crippen molar-refractivity contribution < 1.29 is 4.74 Å². The third kappa shape index (κ3) is 1.58. The molecule has 0 amide bonds. The van der Waals surface area contributed by atoms with Gasteiger partial charge in [0.1, 0.15) is 11.8 Å². The SMILES string of the molecule is CC1=C(N=NN)C(C)OC=C1. The zero-order valence-electron chi connectivity index (χ0n) is 6.61. The van der Waals surface area contributed by atoms with Crippen LogP contribution >= 0.6 is 0 Å². The van der Waals surface area contributed by atoms with Crippen molar-refractivity contribution in [2.45, 2.75) is 20.0 Å². The van der Waals surface area contributed by atoms with Crippen LogP contribution in [-0.2, 0) is 4.74 Å². The first-order valence-corrected chi connectivity index (χ1v) is 3.39. The third-order valence-electron chi connectivity index (χ3n) is 1.56. The summed E-state index contributed by atoms with van der Waals surface area (Å²) in [4.78, 5) is 0. The zero-order valence-corrected chi connectivity index (χ0v) is 6.61. The molecular formula is C7H11N3O. The molecule has 60 valence electrons. The Bertz CT molecular complexity index is 230. The molecule has 0 aliphatic carbocycles. The lowest BCUT2D eigenvalue weighted by Gasteiger charge is -2.16. The van der Waals surface area contributed by atoms with Gasteiger partial charge in [-0.3, -0.25) is 0 Å². The van der Waals surface area contributed by atoms with Gasteiger partial charge in [0.05, 0.1) is 6.26 Å². The summed E-state index contributed by atoms with van der Waals surface area (Å²) in [5.41, 5.74) is 1.83. The van der Waals surface area contributed by atoms with Crippen LogP contribution < -0.4 is 5.84 Å². The van der Waals surface area contributed by atoms with E-state index in [1.807, 2.05) is 19.9 Å². The van der Waals surface area contributed by atoms with E-state index in [9.17, 15) is 0 Å². The van der Waals surface area contributed by atoms with E-state index in [2.05, 4.69) is 10.3 Å². The Labute approximate surface area is 65.4 Å². The summed E-state index contributed by atoms with van der Waals surface area (Å²) in [5.74, 6) is 4.93. The monoisotopic (exact) mass is 153 g/mol. The second-order valence-electron chi connectivity index (χ2n) is 2.36. The molecule has 0 spiro atoms. The number of nitrogens with two attached hydrogens (primary N) is 1. The van der Waals surface area contributed by atoms with Gasteiger partial charge in [0, 0.05) is 0 Å². The van der Waals surface area contributed by atoms with Gasteiger partial charge in [-0.25, -0.2) is 0 Å². The zero-order chi connectivity index (χ0) is 8.27. The minimum absolute atomic E-state index is 0.0488. The summed E-state index contributed by atoms with van der Waals surface area (Å²) in [6.07, 6.45) is 3.44. The van der Waals surface area contributed by atoms with Crippen LogP contribution in [0.15, 0.2) is 33.9 Å². The van der Waals surface area contributed by atoms with Gasteiger partial charge in [0.25, 0.3) is 0 Å². The Morgan fingerprint density at radius 2 is 2.36 bits per heavy atom. The molecule has 0 aromatic carbocycles. The molecule has 11 heavy (non-hydrogen) atoms. The molecule has 4 nitrogen and oxygen atoms in total. The van der Waals surface area contributed by atoms with Gasteiger partial charge in [-0.2, -0.15) is 0 Å². The maximum Gasteiger partial charge on any atom is 0.139 e. The van der Waals surface area contributed by atoms with E-state index < -0.39 is 0 Å². The van der Waals surface area contributed by atoms with Crippen LogP contribution in [-0.4, -0.2) is 6.10 Å². The number of nitrogens with zero attached hydrogens (tertiary/aromatic N) is 2. The van der Waals surface area contributed by atoms with Gasteiger partial charge in [-0.1, -0.05) is 5.22 Å². The number of hydrogen-bond acceptors (Lipinski definition) is 3. The van der Waals surface area contributed by atoms with Crippen molar-refractivity contribution in [3.63, 3.8) is 0 Å². The molecule has 0 fully saturated rings. The summed E-state index contributed by atoms with van der Waals surface area (Å²) in [7, 11) is 0. The van der Waals surface area contributed by atoms with Crippen LogP contribution in [0.2, 0.25) is 0 Å². The van der Waals surface area contributed by atoms with Crippen LogP contribution in [0.4, 0.5) is 0 Å². The fraction of sp³-hybridized carbons (Fsp3) is 0.429. The van der Waals surface area contributed by atoms with Crippen molar-refractivity contribution >= 4 is 0 Å². The first-order valence-electron chi connectivity index (χ1n) is 3.39. The standard InChI is InChI=1S/C7H11N3O/c1-5-3-4-11-6(2)7(5)9-10-8/h3-4,6H,1-2H3,(H2,8,9). The second kappa shape index (κ2) is 3.18. The van der Waals surface area contributed by atoms with Crippen molar-refractivity contribution in [3.05, 3.63) is 23.6 Å². The molecular weight excluding hydrogens is 142 g/mol. The largest absolute Gasteiger partial charge is 0.492 e. The molecule has 0 saturated carbocycles. The highest BCUT2D eigenvalue weighted by atomic mass is 16.5. The average Bonchev–Trinajstić information content (AvgIpc) is 1.97. The van der Waals surface area contributed by atoms with E-state index in [0.29, 0.717) is 0 Å². The summed E-state index contributed by atoms with van der Waals surface area (Å²) >= 11 is 0. The van der Waals surface area contributed by atoms with E-state index in [1.54, 1.807) is 6.26 Å². The quantitative estimate of drug-likeness (QED) is 0.352. The first kappa shape index (κ1) is 7.78. The predicted molar refractivity (Wildman–Crippen MR) is 41.4 cm³/mol. The molecule has 1 atom stereocenters. The van der Waals surface area contributed by atoms with Gasteiger partial charge >= 0.3 is 0 Å². The molecule has 2 N–H and O–H groups in total. The minimum atomic E-state index is -0.0488. The number of ether oxygens (including phenoxy) is 1. The summed E-state index contributed by atoms with van der Waals surface area (Å²) in [6, 6.07) is 0.